The summed E-state index contributed by atoms with van der Waals surface area (Å²) in [6.07, 6.45) is 3.82. The van der Waals surface area contributed by atoms with E-state index in [1.807, 2.05) is 37.3 Å². The standard InChI is InChI=1S/C20H20FN5/c1-3-25-13-15(17-8-7-16(21)11-18(17)25)12-23-20-10-14(2)24-26(20)19-6-4-5-9-22-19/h4-11,13,23H,3,12H2,1-2H3. The Balaban J connectivity index is 1.66. The molecule has 26 heavy (non-hydrogen) atoms. The number of hydrogen-bond donors (Lipinski definition) is 1. The average Bonchev–Trinajstić information content (AvgIpc) is 3.20. The van der Waals surface area contributed by atoms with Gasteiger partial charge in [0.2, 0.25) is 0 Å². The number of benzene rings is 1. The number of pyridine rings is 1. The van der Waals surface area contributed by atoms with Gasteiger partial charge in [-0.15, -0.1) is 0 Å². The highest BCUT2D eigenvalue weighted by Gasteiger charge is 2.12. The van der Waals surface area contributed by atoms with Crippen molar-refractivity contribution in [1.29, 1.82) is 0 Å². The van der Waals surface area contributed by atoms with E-state index in [1.165, 1.54) is 6.07 Å². The zero-order chi connectivity index (χ0) is 18.1. The molecule has 0 aliphatic heterocycles. The Morgan fingerprint density at radius 2 is 2.04 bits per heavy atom. The number of aromatic nitrogens is 4. The Labute approximate surface area is 151 Å². The van der Waals surface area contributed by atoms with Crippen molar-refractivity contribution in [2.24, 2.45) is 0 Å². The summed E-state index contributed by atoms with van der Waals surface area (Å²) in [6, 6.07) is 12.7. The maximum absolute atomic E-state index is 13.6. The van der Waals surface area contributed by atoms with Crippen LogP contribution < -0.4 is 5.32 Å². The van der Waals surface area contributed by atoms with Crippen LogP contribution in [-0.2, 0) is 13.1 Å². The van der Waals surface area contributed by atoms with Gasteiger partial charge in [-0.1, -0.05) is 6.07 Å². The van der Waals surface area contributed by atoms with Gasteiger partial charge in [0.15, 0.2) is 5.82 Å². The van der Waals surface area contributed by atoms with Gasteiger partial charge < -0.3 is 9.88 Å². The highest BCUT2D eigenvalue weighted by atomic mass is 19.1. The highest BCUT2D eigenvalue weighted by Crippen LogP contribution is 2.24. The third kappa shape index (κ3) is 2.94. The van der Waals surface area contributed by atoms with Crippen LogP contribution in [0.5, 0.6) is 0 Å². The third-order valence-electron chi connectivity index (χ3n) is 4.43. The first-order chi connectivity index (χ1) is 12.7. The van der Waals surface area contributed by atoms with Gasteiger partial charge >= 0.3 is 0 Å². The topological polar surface area (TPSA) is 47.7 Å². The van der Waals surface area contributed by atoms with Gasteiger partial charge in [-0.25, -0.2) is 9.37 Å². The van der Waals surface area contributed by atoms with E-state index in [4.69, 9.17) is 0 Å². The molecule has 0 unspecified atom stereocenters. The van der Waals surface area contributed by atoms with Crippen molar-refractivity contribution < 1.29 is 4.39 Å². The van der Waals surface area contributed by atoms with Gasteiger partial charge in [0.1, 0.15) is 11.6 Å². The summed E-state index contributed by atoms with van der Waals surface area (Å²) in [6.45, 7) is 5.43. The van der Waals surface area contributed by atoms with Crippen LogP contribution in [0.1, 0.15) is 18.2 Å². The van der Waals surface area contributed by atoms with Gasteiger partial charge in [-0.2, -0.15) is 9.78 Å². The fourth-order valence-electron chi connectivity index (χ4n) is 3.21. The highest BCUT2D eigenvalue weighted by molar-refractivity contribution is 5.84. The number of nitrogens with zero attached hydrogens (tertiary/aromatic N) is 4. The van der Waals surface area contributed by atoms with Crippen LogP contribution in [0.25, 0.3) is 16.7 Å². The molecule has 132 valence electrons. The summed E-state index contributed by atoms with van der Waals surface area (Å²) in [5.74, 6) is 1.43. The van der Waals surface area contributed by atoms with Crippen LogP contribution >= 0.6 is 0 Å². The zero-order valence-corrected chi connectivity index (χ0v) is 14.8. The molecule has 0 bridgehead atoms. The summed E-state index contributed by atoms with van der Waals surface area (Å²) in [4.78, 5) is 4.37. The second-order valence-electron chi connectivity index (χ2n) is 6.23. The van der Waals surface area contributed by atoms with E-state index >= 15 is 0 Å². The van der Waals surface area contributed by atoms with Crippen LogP contribution in [-0.4, -0.2) is 19.3 Å². The molecular formula is C20H20FN5. The minimum absolute atomic E-state index is 0.214. The van der Waals surface area contributed by atoms with Gasteiger partial charge in [-0.3, -0.25) is 0 Å². The summed E-state index contributed by atoms with van der Waals surface area (Å²) >= 11 is 0. The van der Waals surface area contributed by atoms with Crippen LogP contribution in [0.3, 0.4) is 0 Å². The normalized spacial score (nSPS) is 11.2. The van der Waals surface area contributed by atoms with Gasteiger partial charge in [-0.05, 0) is 49.7 Å². The van der Waals surface area contributed by atoms with Crippen molar-refractivity contribution in [3.8, 4) is 5.82 Å². The second-order valence-corrected chi connectivity index (χ2v) is 6.23. The maximum Gasteiger partial charge on any atom is 0.155 e. The van der Waals surface area contributed by atoms with E-state index in [-0.39, 0.29) is 5.82 Å². The van der Waals surface area contributed by atoms with E-state index in [1.54, 1.807) is 16.9 Å². The molecule has 4 aromatic rings. The van der Waals surface area contributed by atoms with Crippen LogP contribution in [0.4, 0.5) is 10.2 Å². The fraction of sp³-hybridized carbons (Fsp3) is 0.200. The molecule has 0 aliphatic rings. The Hall–Kier alpha value is -3.15. The first-order valence-electron chi connectivity index (χ1n) is 8.65. The number of fused-ring (bicyclic) bond motifs is 1. The largest absolute Gasteiger partial charge is 0.366 e. The number of anilines is 1. The molecule has 5 nitrogen and oxygen atoms in total. The van der Waals surface area contributed by atoms with Gasteiger partial charge in [0.25, 0.3) is 0 Å². The van der Waals surface area contributed by atoms with Crippen LogP contribution in [0.15, 0.2) is 54.9 Å². The van der Waals surface area contributed by atoms with Crippen molar-refractivity contribution in [3.63, 3.8) is 0 Å². The Bertz CT molecular complexity index is 1050. The lowest BCUT2D eigenvalue weighted by Gasteiger charge is -2.08. The van der Waals surface area contributed by atoms with E-state index in [0.29, 0.717) is 6.54 Å². The molecule has 0 spiro atoms. The summed E-state index contributed by atoms with van der Waals surface area (Å²) in [5, 5.41) is 9.03. The quantitative estimate of drug-likeness (QED) is 0.584. The van der Waals surface area contributed by atoms with E-state index in [0.717, 1.165) is 40.3 Å². The maximum atomic E-state index is 13.6. The minimum Gasteiger partial charge on any atom is -0.366 e. The minimum atomic E-state index is -0.214. The van der Waals surface area contributed by atoms with Crippen LogP contribution in [0, 0.1) is 12.7 Å². The molecule has 0 radical (unpaired) electrons. The van der Waals surface area contributed by atoms with Crippen molar-refractivity contribution in [1.82, 2.24) is 19.3 Å². The number of halogens is 1. The first-order valence-corrected chi connectivity index (χ1v) is 8.65. The number of aryl methyl sites for hydroxylation is 2. The van der Waals surface area contributed by atoms with Crippen molar-refractivity contribution >= 4 is 16.7 Å². The molecule has 0 aliphatic carbocycles. The Morgan fingerprint density at radius 1 is 1.15 bits per heavy atom. The molecule has 0 fully saturated rings. The van der Waals surface area contributed by atoms with Crippen LogP contribution in [0.2, 0.25) is 0 Å². The average molecular weight is 349 g/mol. The van der Waals surface area contributed by atoms with E-state index in [9.17, 15) is 4.39 Å². The molecule has 6 heteroatoms. The molecule has 0 saturated carbocycles. The predicted octanol–water partition coefficient (Wildman–Crippen LogP) is 4.30. The summed E-state index contributed by atoms with van der Waals surface area (Å²) in [5.41, 5.74) is 2.95. The van der Waals surface area contributed by atoms with Crippen molar-refractivity contribution in [2.45, 2.75) is 26.9 Å². The molecule has 0 atom stereocenters. The lowest BCUT2D eigenvalue weighted by molar-refractivity contribution is 0.628. The summed E-state index contributed by atoms with van der Waals surface area (Å²) in [7, 11) is 0. The molecule has 0 saturated heterocycles. The SMILES string of the molecule is CCn1cc(CNc2cc(C)nn2-c2ccccn2)c2ccc(F)cc21. The van der Waals surface area contributed by atoms with Gasteiger partial charge in [0, 0.05) is 36.9 Å². The monoisotopic (exact) mass is 349 g/mol. The van der Waals surface area contributed by atoms with Crippen molar-refractivity contribution in [2.75, 3.05) is 5.32 Å². The van der Waals surface area contributed by atoms with Crippen molar-refractivity contribution in [3.05, 3.63) is 71.9 Å². The number of rotatable bonds is 5. The molecule has 3 heterocycles. The van der Waals surface area contributed by atoms with E-state index < -0.39 is 0 Å². The number of nitrogens with one attached hydrogen (secondary N) is 1. The molecule has 0 amide bonds. The molecule has 4 rings (SSSR count). The molecule has 1 aromatic carbocycles. The second kappa shape index (κ2) is 6.63. The Morgan fingerprint density at radius 3 is 2.81 bits per heavy atom. The first kappa shape index (κ1) is 16.3. The molecular weight excluding hydrogens is 329 g/mol. The molecule has 1 N–H and O–H groups in total. The number of hydrogen-bond acceptors (Lipinski definition) is 3. The van der Waals surface area contributed by atoms with E-state index in [2.05, 4.69) is 33.1 Å². The molecule has 3 aromatic heterocycles. The lowest BCUT2D eigenvalue weighted by Crippen LogP contribution is -2.07. The summed E-state index contributed by atoms with van der Waals surface area (Å²) < 4.78 is 17.5. The Kier molecular flexibility index (Phi) is 4.16. The smallest absolute Gasteiger partial charge is 0.155 e. The zero-order valence-electron chi connectivity index (χ0n) is 14.8. The van der Waals surface area contributed by atoms with Gasteiger partial charge in [0.05, 0.1) is 11.2 Å². The third-order valence-corrected chi connectivity index (χ3v) is 4.43. The lowest BCUT2D eigenvalue weighted by atomic mass is 10.1. The predicted molar refractivity (Wildman–Crippen MR) is 101 cm³/mol. The fourth-order valence-corrected chi connectivity index (χ4v) is 3.21.